The second kappa shape index (κ2) is 6.69. The van der Waals surface area contributed by atoms with Gasteiger partial charge in [-0.25, -0.2) is 4.39 Å². The third kappa shape index (κ3) is 3.54. The van der Waals surface area contributed by atoms with Crippen LogP contribution < -0.4 is 5.73 Å². The summed E-state index contributed by atoms with van der Waals surface area (Å²) in [4.78, 5) is 17.6. The van der Waals surface area contributed by atoms with E-state index >= 15 is 0 Å². The zero-order valence-electron chi connectivity index (χ0n) is 13.6. The molecule has 6 heteroatoms. The average molecular weight is 362 g/mol. The van der Waals surface area contributed by atoms with Crippen LogP contribution in [0.4, 0.5) is 4.39 Å². The van der Waals surface area contributed by atoms with Crippen molar-refractivity contribution in [3.63, 3.8) is 0 Å². The van der Waals surface area contributed by atoms with E-state index in [0.717, 1.165) is 28.2 Å². The molecule has 2 heterocycles. The quantitative estimate of drug-likeness (QED) is 0.826. The molecule has 0 amide bonds. The van der Waals surface area contributed by atoms with Crippen molar-refractivity contribution in [2.75, 3.05) is 5.75 Å². The molecule has 0 bridgehead atoms. The van der Waals surface area contributed by atoms with E-state index in [4.69, 9.17) is 5.73 Å². The van der Waals surface area contributed by atoms with E-state index in [2.05, 4.69) is 4.99 Å². The Labute approximate surface area is 149 Å². The maximum absolute atomic E-state index is 14.4. The summed E-state index contributed by atoms with van der Waals surface area (Å²) < 4.78 is 14.4. The first-order chi connectivity index (χ1) is 11.4. The molecule has 0 saturated carbocycles. The molecular weight excluding hydrogens is 343 g/mol. The highest BCUT2D eigenvalue weighted by Gasteiger charge is 2.32. The van der Waals surface area contributed by atoms with Crippen molar-refractivity contribution in [3.05, 3.63) is 57.0 Å². The molecule has 1 aromatic heterocycles. The third-order valence-corrected chi connectivity index (χ3v) is 6.06. The molecule has 2 N–H and O–H groups in total. The highest BCUT2D eigenvalue weighted by molar-refractivity contribution is 8.13. The number of ketones is 1. The van der Waals surface area contributed by atoms with Gasteiger partial charge in [0.05, 0.1) is 10.4 Å². The molecule has 3 rings (SSSR count). The van der Waals surface area contributed by atoms with E-state index in [0.29, 0.717) is 10.7 Å². The van der Waals surface area contributed by atoms with E-state index in [1.54, 1.807) is 12.1 Å². The van der Waals surface area contributed by atoms with Gasteiger partial charge in [0.1, 0.15) is 5.82 Å². The van der Waals surface area contributed by atoms with E-state index < -0.39 is 5.54 Å². The van der Waals surface area contributed by atoms with Crippen LogP contribution in [0.15, 0.2) is 34.6 Å². The van der Waals surface area contributed by atoms with Gasteiger partial charge in [0, 0.05) is 17.7 Å². The normalized spacial score (nSPS) is 20.7. The van der Waals surface area contributed by atoms with Crippen molar-refractivity contribution in [2.45, 2.75) is 32.2 Å². The number of thioether (sulfide) groups is 1. The number of aliphatic imine (C=N–C) groups is 1. The molecule has 0 radical (unpaired) electrons. The van der Waals surface area contributed by atoms with E-state index in [9.17, 15) is 9.18 Å². The lowest BCUT2D eigenvalue weighted by molar-refractivity contribution is 0.0996. The second-order valence-corrected chi connectivity index (χ2v) is 8.25. The third-order valence-electron chi connectivity index (χ3n) is 4.18. The highest BCUT2D eigenvalue weighted by atomic mass is 32.2. The van der Waals surface area contributed by atoms with Crippen molar-refractivity contribution in [1.82, 2.24) is 0 Å². The first-order valence-corrected chi connectivity index (χ1v) is 9.59. The Morgan fingerprint density at radius 2 is 2.21 bits per heavy atom. The van der Waals surface area contributed by atoms with E-state index in [1.807, 2.05) is 25.3 Å². The number of nitrogens with zero attached hydrogens (tertiary/aromatic N) is 1. The number of carbonyl (C=O) groups is 1. The molecule has 126 valence electrons. The number of hydrogen-bond donors (Lipinski definition) is 1. The fraction of sp³-hybridized carbons (Fsp3) is 0.333. The lowest BCUT2D eigenvalue weighted by atomic mass is 9.87. The number of benzene rings is 1. The Kier molecular flexibility index (Phi) is 4.78. The molecule has 1 aromatic carbocycles. The summed E-state index contributed by atoms with van der Waals surface area (Å²) in [5, 5.41) is 2.44. The van der Waals surface area contributed by atoms with Gasteiger partial charge in [0.25, 0.3) is 0 Å². The number of rotatable bonds is 4. The van der Waals surface area contributed by atoms with Gasteiger partial charge in [-0.05, 0) is 55.0 Å². The zero-order valence-corrected chi connectivity index (χ0v) is 15.3. The minimum atomic E-state index is -0.669. The number of Topliss-reactive ketones (excluding diaryl/α,β-unsaturated/α-hetero) is 1. The smallest absolute Gasteiger partial charge is 0.177 e. The summed E-state index contributed by atoms with van der Waals surface area (Å²) in [6.45, 7) is 3.86. The minimum absolute atomic E-state index is 0.0537. The van der Waals surface area contributed by atoms with Gasteiger partial charge >= 0.3 is 0 Å². The molecule has 1 aliphatic rings. The Hall–Kier alpha value is -1.66. The Morgan fingerprint density at radius 1 is 1.42 bits per heavy atom. The number of halogens is 1. The summed E-state index contributed by atoms with van der Waals surface area (Å²) in [6.07, 6.45) is 0.980. The molecule has 2 aromatic rings. The lowest BCUT2D eigenvalue weighted by Crippen LogP contribution is -2.29. The highest BCUT2D eigenvalue weighted by Crippen LogP contribution is 2.36. The summed E-state index contributed by atoms with van der Waals surface area (Å²) in [6, 6.07) is 6.75. The maximum Gasteiger partial charge on any atom is 0.177 e. The first-order valence-electron chi connectivity index (χ1n) is 7.73. The number of nitrogens with two attached hydrogens (primary N) is 1. The van der Waals surface area contributed by atoms with Gasteiger partial charge in [-0.2, -0.15) is 0 Å². The summed E-state index contributed by atoms with van der Waals surface area (Å²) in [5.41, 5.74) is 7.56. The van der Waals surface area contributed by atoms with Crippen LogP contribution in [-0.2, 0) is 12.0 Å². The predicted octanol–water partition coefficient (Wildman–Crippen LogP) is 4.29. The van der Waals surface area contributed by atoms with Gasteiger partial charge in [-0.15, -0.1) is 11.3 Å². The van der Waals surface area contributed by atoms with Crippen LogP contribution in [0.1, 0.15) is 39.7 Å². The van der Waals surface area contributed by atoms with Crippen LogP contribution >= 0.6 is 23.1 Å². The topological polar surface area (TPSA) is 55.5 Å². The SMILES string of the molecule is Cc1csc(C(=O)Cc2ccc(F)c([C@]3(C)CCSC(N)=N3)c2)c1. The average Bonchev–Trinajstić information content (AvgIpc) is 2.95. The molecular formula is C18H19FN2OS2. The number of amidine groups is 1. The standard InChI is InChI=1S/C18H19FN2OS2/c1-11-7-16(24-10-11)15(22)9-12-3-4-14(19)13(8-12)18(2)5-6-23-17(20)21-18/h3-4,7-8,10H,5-6,9H2,1-2H3,(H2,20,21)/t18-/m0/s1. The van der Waals surface area contributed by atoms with E-state index in [-0.39, 0.29) is 18.0 Å². The fourth-order valence-corrected chi connectivity index (χ4v) is 4.64. The van der Waals surface area contributed by atoms with Crippen molar-refractivity contribution in [1.29, 1.82) is 0 Å². The second-order valence-electron chi connectivity index (χ2n) is 6.22. The molecule has 0 unspecified atom stereocenters. The number of thiophene rings is 1. The summed E-state index contributed by atoms with van der Waals surface area (Å²) in [5.74, 6) is 0.560. The number of hydrogen-bond acceptors (Lipinski definition) is 5. The maximum atomic E-state index is 14.4. The lowest BCUT2D eigenvalue weighted by Gasteiger charge is -2.30. The molecule has 0 saturated heterocycles. The monoisotopic (exact) mass is 362 g/mol. The molecule has 0 fully saturated rings. The molecule has 1 atom stereocenters. The molecule has 0 spiro atoms. The number of aryl methyl sites for hydroxylation is 1. The summed E-state index contributed by atoms with van der Waals surface area (Å²) >= 11 is 2.94. The first kappa shape index (κ1) is 17.2. The van der Waals surface area contributed by atoms with Crippen LogP contribution in [0.3, 0.4) is 0 Å². The van der Waals surface area contributed by atoms with Crippen molar-refractivity contribution < 1.29 is 9.18 Å². The Balaban J connectivity index is 1.89. The largest absolute Gasteiger partial charge is 0.379 e. The zero-order chi connectivity index (χ0) is 17.3. The Morgan fingerprint density at radius 3 is 2.88 bits per heavy atom. The van der Waals surface area contributed by atoms with Crippen LogP contribution in [0, 0.1) is 12.7 Å². The minimum Gasteiger partial charge on any atom is -0.379 e. The summed E-state index contributed by atoms with van der Waals surface area (Å²) in [7, 11) is 0. The van der Waals surface area contributed by atoms with Crippen molar-refractivity contribution in [2.24, 2.45) is 10.7 Å². The predicted molar refractivity (Wildman–Crippen MR) is 99.5 cm³/mol. The van der Waals surface area contributed by atoms with Crippen LogP contribution in [0.2, 0.25) is 0 Å². The molecule has 3 nitrogen and oxygen atoms in total. The molecule has 1 aliphatic heterocycles. The Bertz CT molecular complexity index is 815. The van der Waals surface area contributed by atoms with Crippen molar-refractivity contribution >= 4 is 34.0 Å². The van der Waals surface area contributed by atoms with Crippen molar-refractivity contribution in [3.8, 4) is 0 Å². The van der Waals surface area contributed by atoms with Crippen LogP contribution in [0.25, 0.3) is 0 Å². The van der Waals surface area contributed by atoms with Gasteiger partial charge in [0.15, 0.2) is 11.0 Å². The van der Waals surface area contributed by atoms with E-state index in [1.165, 1.54) is 29.2 Å². The van der Waals surface area contributed by atoms with Gasteiger partial charge in [-0.1, -0.05) is 17.8 Å². The fourth-order valence-electron chi connectivity index (χ4n) is 2.83. The van der Waals surface area contributed by atoms with Crippen LogP contribution in [0.5, 0.6) is 0 Å². The van der Waals surface area contributed by atoms with Gasteiger partial charge in [0.2, 0.25) is 0 Å². The van der Waals surface area contributed by atoms with Crippen LogP contribution in [-0.4, -0.2) is 16.7 Å². The van der Waals surface area contributed by atoms with Gasteiger partial charge < -0.3 is 5.73 Å². The number of carbonyl (C=O) groups excluding carboxylic acids is 1. The molecule has 0 aliphatic carbocycles. The molecule has 24 heavy (non-hydrogen) atoms. The van der Waals surface area contributed by atoms with Gasteiger partial charge in [-0.3, -0.25) is 9.79 Å².